The van der Waals surface area contributed by atoms with Crippen LogP contribution in [0.1, 0.15) is 15.2 Å². The lowest BCUT2D eigenvalue weighted by molar-refractivity contribution is 0.103. The molecule has 0 fully saturated rings. The highest BCUT2D eigenvalue weighted by Gasteiger charge is 2.08. The zero-order valence-corrected chi connectivity index (χ0v) is 13.5. The second-order valence-electron chi connectivity index (χ2n) is 4.61. The van der Waals surface area contributed by atoms with Gasteiger partial charge in [0, 0.05) is 5.75 Å². The van der Waals surface area contributed by atoms with Crippen LogP contribution < -0.4 is 5.32 Å². The van der Waals surface area contributed by atoms with Crippen molar-refractivity contribution in [1.29, 1.82) is 0 Å². The van der Waals surface area contributed by atoms with E-state index < -0.39 is 0 Å². The van der Waals surface area contributed by atoms with Crippen molar-refractivity contribution in [1.82, 2.24) is 10.2 Å². The number of carbonyl (C=O) groups excluding carboxylic acids is 1. The molecule has 7 heteroatoms. The van der Waals surface area contributed by atoms with E-state index in [4.69, 9.17) is 0 Å². The highest BCUT2D eigenvalue weighted by atomic mass is 32.2. The summed E-state index contributed by atoms with van der Waals surface area (Å²) in [6.07, 6.45) is 0. The fourth-order valence-corrected chi connectivity index (χ4v) is 3.21. The van der Waals surface area contributed by atoms with Gasteiger partial charge in [-0.25, -0.2) is 4.39 Å². The molecule has 0 atom stereocenters. The van der Waals surface area contributed by atoms with E-state index in [1.165, 1.54) is 35.2 Å². The first kappa shape index (κ1) is 15.6. The molecule has 0 saturated carbocycles. The highest BCUT2D eigenvalue weighted by molar-refractivity contribution is 7.98. The Morgan fingerprint density at radius 3 is 2.78 bits per heavy atom. The van der Waals surface area contributed by atoms with E-state index in [2.05, 4.69) is 15.5 Å². The lowest BCUT2D eigenvalue weighted by atomic mass is 10.2. The molecular weight excluding hydrogens is 333 g/mol. The van der Waals surface area contributed by atoms with Gasteiger partial charge in [-0.2, -0.15) is 0 Å². The molecule has 0 radical (unpaired) electrons. The number of nitrogens with one attached hydrogen (secondary N) is 1. The van der Waals surface area contributed by atoms with Crippen LogP contribution in [0.5, 0.6) is 0 Å². The summed E-state index contributed by atoms with van der Waals surface area (Å²) in [4.78, 5) is 12.5. The van der Waals surface area contributed by atoms with E-state index in [0.717, 1.165) is 5.56 Å². The molecule has 0 spiro atoms. The van der Waals surface area contributed by atoms with E-state index in [0.29, 0.717) is 21.5 Å². The fourth-order valence-electron chi connectivity index (χ4n) is 1.83. The SMILES string of the molecule is O=C(Nc1ccc(SCc2cccc(F)c2)nn1)c1cccs1. The minimum Gasteiger partial charge on any atom is -0.304 e. The molecule has 0 aliphatic rings. The van der Waals surface area contributed by atoms with Gasteiger partial charge in [0.05, 0.1) is 4.88 Å². The molecule has 0 aliphatic carbocycles. The van der Waals surface area contributed by atoms with Gasteiger partial charge in [-0.3, -0.25) is 4.79 Å². The average molecular weight is 345 g/mol. The van der Waals surface area contributed by atoms with Crippen LogP contribution in [0.25, 0.3) is 0 Å². The number of nitrogens with zero attached hydrogens (tertiary/aromatic N) is 2. The number of thiophene rings is 1. The van der Waals surface area contributed by atoms with Gasteiger partial charge >= 0.3 is 0 Å². The number of carbonyl (C=O) groups is 1. The molecular formula is C16H12FN3OS2. The number of amides is 1. The van der Waals surface area contributed by atoms with Gasteiger partial charge in [-0.1, -0.05) is 30.0 Å². The van der Waals surface area contributed by atoms with Crippen molar-refractivity contribution in [3.8, 4) is 0 Å². The number of benzene rings is 1. The zero-order valence-electron chi connectivity index (χ0n) is 11.9. The second kappa shape index (κ2) is 7.34. The monoisotopic (exact) mass is 345 g/mol. The third-order valence-corrected chi connectivity index (χ3v) is 4.76. The van der Waals surface area contributed by atoms with Crippen molar-refractivity contribution < 1.29 is 9.18 Å². The molecule has 2 aromatic heterocycles. The van der Waals surface area contributed by atoms with Crippen molar-refractivity contribution in [3.63, 3.8) is 0 Å². The number of hydrogen-bond acceptors (Lipinski definition) is 5. The Labute approximate surface area is 140 Å². The maximum absolute atomic E-state index is 13.1. The summed E-state index contributed by atoms with van der Waals surface area (Å²) in [5, 5.41) is 13.3. The molecule has 0 aliphatic heterocycles. The van der Waals surface area contributed by atoms with Gasteiger partial charge in [0.2, 0.25) is 0 Å². The number of halogens is 1. The van der Waals surface area contributed by atoms with Crippen LogP contribution in [0.3, 0.4) is 0 Å². The largest absolute Gasteiger partial charge is 0.304 e. The standard InChI is InChI=1S/C16H12FN3OS2/c17-12-4-1-3-11(9-12)10-23-15-7-6-14(19-20-15)18-16(21)13-5-2-8-22-13/h1-9H,10H2,(H,18,19,21). The van der Waals surface area contributed by atoms with Crippen LogP contribution in [0, 0.1) is 5.82 Å². The summed E-state index contributed by atoms with van der Waals surface area (Å²) < 4.78 is 13.1. The number of thioether (sulfide) groups is 1. The first-order chi connectivity index (χ1) is 11.2. The molecule has 23 heavy (non-hydrogen) atoms. The summed E-state index contributed by atoms with van der Waals surface area (Å²) in [5.41, 5.74) is 0.881. The minimum atomic E-state index is -0.249. The maximum Gasteiger partial charge on any atom is 0.266 e. The Kier molecular flexibility index (Phi) is 4.99. The molecule has 0 bridgehead atoms. The molecule has 116 valence electrons. The molecule has 0 saturated heterocycles. The lowest BCUT2D eigenvalue weighted by Crippen LogP contribution is -2.11. The predicted octanol–water partition coefficient (Wildman–Crippen LogP) is 4.22. The molecule has 3 rings (SSSR count). The Morgan fingerprint density at radius 1 is 1.17 bits per heavy atom. The van der Waals surface area contributed by atoms with Crippen molar-refractivity contribution in [2.75, 3.05) is 5.32 Å². The summed E-state index contributed by atoms with van der Waals surface area (Å²) >= 11 is 2.82. The van der Waals surface area contributed by atoms with Crippen molar-refractivity contribution in [3.05, 3.63) is 70.2 Å². The third-order valence-electron chi connectivity index (χ3n) is 2.90. The van der Waals surface area contributed by atoms with Crippen LogP contribution in [-0.4, -0.2) is 16.1 Å². The molecule has 4 nitrogen and oxygen atoms in total. The fraction of sp³-hybridized carbons (Fsp3) is 0.0625. The summed E-state index contributed by atoms with van der Waals surface area (Å²) in [7, 11) is 0. The number of rotatable bonds is 5. The van der Waals surface area contributed by atoms with Crippen molar-refractivity contribution >= 4 is 34.8 Å². The molecule has 1 aromatic carbocycles. The quantitative estimate of drug-likeness (QED) is 0.704. The first-order valence-corrected chi connectivity index (χ1v) is 8.63. The Morgan fingerprint density at radius 2 is 2.09 bits per heavy atom. The van der Waals surface area contributed by atoms with E-state index >= 15 is 0 Å². The number of anilines is 1. The van der Waals surface area contributed by atoms with Crippen LogP contribution >= 0.6 is 23.1 Å². The normalized spacial score (nSPS) is 10.5. The molecule has 0 unspecified atom stereocenters. The summed E-state index contributed by atoms with van der Waals surface area (Å²) in [5.74, 6) is 0.557. The topological polar surface area (TPSA) is 54.9 Å². The van der Waals surface area contributed by atoms with E-state index in [-0.39, 0.29) is 11.7 Å². The van der Waals surface area contributed by atoms with Gasteiger partial charge in [-0.05, 0) is 41.3 Å². The molecule has 1 amide bonds. The zero-order chi connectivity index (χ0) is 16.1. The molecule has 1 N–H and O–H groups in total. The van der Waals surface area contributed by atoms with Gasteiger partial charge in [0.25, 0.3) is 5.91 Å². The Bertz CT molecular complexity index is 791. The minimum absolute atomic E-state index is 0.200. The summed E-state index contributed by atoms with van der Waals surface area (Å²) in [6, 6.07) is 13.5. The highest BCUT2D eigenvalue weighted by Crippen LogP contribution is 2.21. The van der Waals surface area contributed by atoms with Crippen LogP contribution in [0.15, 0.2) is 58.9 Å². The van der Waals surface area contributed by atoms with E-state index in [1.54, 1.807) is 24.3 Å². The lowest BCUT2D eigenvalue weighted by Gasteiger charge is -2.04. The smallest absolute Gasteiger partial charge is 0.266 e. The van der Waals surface area contributed by atoms with Crippen molar-refractivity contribution in [2.45, 2.75) is 10.8 Å². The Hall–Kier alpha value is -2.25. The van der Waals surface area contributed by atoms with Gasteiger partial charge < -0.3 is 5.32 Å². The van der Waals surface area contributed by atoms with Crippen LogP contribution in [-0.2, 0) is 5.75 Å². The maximum atomic E-state index is 13.1. The number of aromatic nitrogens is 2. The van der Waals surface area contributed by atoms with Gasteiger partial charge in [0.1, 0.15) is 10.8 Å². The van der Waals surface area contributed by atoms with Crippen molar-refractivity contribution in [2.24, 2.45) is 0 Å². The molecule has 2 heterocycles. The van der Waals surface area contributed by atoms with Crippen LogP contribution in [0.4, 0.5) is 10.2 Å². The third kappa shape index (κ3) is 4.37. The molecule has 3 aromatic rings. The van der Waals surface area contributed by atoms with E-state index in [9.17, 15) is 9.18 Å². The van der Waals surface area contributed by atoms with Gasteiger partial charge in [0.15, 0.2) is 5.82 Å². The first-order valence-electron chi connectivity index (χ1n) is 6.76. The van der Waals surface area contributed by atoms with E-state index in [1.807, 2.05) is 17.5 Å². The van der Waals surface area contributed by atoms with Gasteiger partial charge in [-0.15, -0.1) is 21.5 Å². The predicted molar refractivity (Wildman–Crippen MR) is 90.3 cm³/mol. The summed E-state index contributed by atoms with van der Waals surface area (Å²) in [6.45, 7) is 0. The second-order valence-corrected chi connectivity index (χ2v) is 6.55. The average Bonchev–Trinajstić information content (AvgIpc) is 3.09. The Balaban J connectivity index is 1.58. The van der Waals surface area contributed by atoms with Crippen LogP contribution in [0.2, 0.25) is 0 Å². The number of hydrogen-bond donors (Lipinski definition) is 1.